The first kappa shape index (κ1) is 19.5. The molecule has 1 aromatic rings. The van der Waals surface area contributed by atoms with E-state index in [4.69, 9.17) is 14.6 Å². The molecule has 0 radical (unpaired) electrons. The molecular weight excluding hydrogens is 320 g/mol. The summed E-state index contributed by atoms with van der Waals surface area (Å²) in [7, 11) is 3.23. The number of nitrogens with one attached hydrogen (secondary N) is 1. The summed E-state index contributed by atoms with van der Waals surface area (Å²) in [6.07, 6.45) is 3.75. The molecule has 1 fully saturated rings. The first-order chi connectivity index (χ1) is 12.2. The van der Waals surface area contributed by atoms with Gasteiger partial charge in [0.2, 0.25) is 5.91 Å². The lowest BCUT2D eigenvalue weighted by Gasteiger charge is -2.32. The van der Waals surface area contributed by atoms with Crippen molar-refractivity contribution in [3.63, 3.8) is 0 Å². The van der Waals surface area contributed by atoms with Gasteiger partial charge in [0.05, 0.1) is 20.8 Å². The van der Waals surface area contributed by atoms with Crippen molar-refractivity contribution in [1.29, 1.82) is 0 Å². The molecule has 1 atom stereocenters. The van der Waals surface area contributed by atoms with Crippen LogP contribution in [0, 0.1) is 5.92 Å². The minimum atomic E-state index is 0.0668. The summed E-state index contributed by atoms with van der Waals surface area (Å²) < 4.78 is 10.5. The van der Waals surface area contributed by atoms with Crippen molar-refractivity contribution in [3.05, 3.63) is 23.8 Å². The number of likely N-dealkylation sites (tertiary alicyclic amines) is 1. The fourth-order valence-electron chi connectivity index (χ4n) is 3.35. The predicted molar refractivity (Wildman–Crippen MR) is 96.9 cm³/mol. The Labute approximate surface area is 150 Å². The van der Waals surface area contributed by atoms with Crippen molar-refractivity contribution in [2.24, 2.45) is 5.92 Å². The number of β-amino-alcohol motifs (C(OH)–C–C–N with tert-alkyl or cyclic N) is 1. The lowest BCUT2D eigenvalue weighted by Crippen LogP contribution is -2.37. The third-order valence-corrected chi connectivity index (χ3v) is 4.77. The molecule has 2 rings (SSSR count). The normalized spacial score (nSPS) is 18.0. The Bertz CT molecular complexity index is 548. The fourth-order valence-corrected chi connectivity index (χ4v) is 3.35. The average molecular weight is 350 g/mol. The molecule has 6 heteroatoms. The molecule has 1 amide bonds. The molecular formula is C19H30N2O4. The van der Waals surface area contributed by atoms with Gasteiger partial charge in [-0.25, -0.2) is 0 Å². The molecule has 1 saturated heterocycles. The van der Waals surface area contributed by atoms with Crippen LogP contribution in [0.4, 0.5) is 0 Å². The third-order valence-electron chi connectivity index (χ3n) is 4.77. The number of aliphatic hydroxyl groups excluding tert-OH is 1. The molecule has 0 aliphatic carbocycles. The molecule has 25 heavy (non-hydrogen) atoms. The van der Waals surface area contributed by atoms with E-state index in [2.05, 4.69) is 10.2 Å². The smallest absolute Gasteiger partial charge is 0.220 e. The Kier molecular flexibility index (Phi) is 8.01. The fraction of sp³-hybridized carbons (Fsp3) is 0.632. The maximum Gasteiger partial charge on any atom is 0.220 e. The molecule has 0 spiro atoms. The summed E-state index contributed by atoms with van der Waals surface area (Å²) >= 11 is 0. The molecule has 0 bridgehead atoms. The van der Waals surface area contributed by atoms with Crippen molar-refractivity contribution < 1.29 is 19.4 Å². The molecule has 1 aliphatic heterocycles. The SMILES string of the molecule is COc1ccc(CNC(=O)CCC2CCCN(CCO)C2)c(OC)c1. The zero-order chi connectivity index (χ0) is 18.1. The second-order valence-corrected chi connectivity index (χ2v) is 6.53. The Hall–Kier alpha value is -1.79. The van der Waals surface area contributed by atoms with Gasteiger partial charge in [-0.15, -0.1) is 0 Å². The topological polar surface area (TPSA) is 71.0 Å². The standard InChI is InChI=1S/C19H30N2O4/c1-24-17-7-6-16(18(12-17)25-2)13-20-19(23)8-5-15-4-3-9-21(14-15)10-11-22/h6-7,12,15,22H,3-5,8-11,13-14H2,1-2H3,(H,20,23). The van der Waals surface area contributed by atoms with Crippen molar-refractivity contribution in [3.8, 4) is 11.5 Å². The van der Waals surface area contributed by atoms with Gasteiger partial charge in [0.15, 0.2) is 0 Å². The molecule has 140 valence electrons. The van der Waals surface area contributed by atoms with E-state index >= 15 is 0 Å². The van der Waals surface area contributed by atoms with Crippen molar-refractivity contribution in [1.82, 2.24) is 10.2 Å². The van der Waals surface area contributed by atoms with Gasteiger partial charge < -0.3 is 24.8 Å². The van der Waals surface area contributed by atoms with Gasteiger partial charge in [-0.05, 0) is 43.9 Å². The molecule has 1 unspecified atom stereocenters. The largest absolute Gasteiger partial charge is 0.497 e. The number of methoxy groups -OCH3 is 2. The van der Waals surface area contributed by atoms with Crippen LogP contribution in [0.3, 0.4) is 0 Å². The number of nitrogens with zero attached hydrogens (tertiary/aromatic N) is 1. The van der Waals surface area contributed by atoms with E-state index in [1.807, 2.05) is 18.2 Å². The van der Waals surface area contributed by atoms with E-state index in [0.29, 0.717) is 24.6 Å². The molecule has 0 saturated carbocycles. The van der Waals surface area contributed by atoms with Gasteiger partial charge in [0, 0.05) is 37.7 Å². The van der Waals surface area contributed by atoms with E-state index in [1.165, 1.54) is 6.42 Å². The van der Waals surface area contributed by atoms with Gasteiger partial charge in [0.1, 0.15) is 11.5 Å². The minimum absolute atomic E-state index is 0.0668. The van der Waals surface area contributed by atoms with Gasteiger partial charge >= 0.3 is 0 Å². The Balaban J connectivity index is 1.75. The van der Waals surface area contributed by atoms with Crippen LogP contribution in [0.15, 0.2) is 18.2 Å². The van der Waals surface area contributed by atoms with Crippen LogP contribution in [0.2, 0.25) is 0 Å². The van der Waals surface area contributed by atoms with E-state index in [0.717, 1.165) is 43.8 Å². The van der Waals surface area contributed by atoms with Crippen LogP contribution >= 0.6 is 0 Å². The summed E-state index contributed by atoms with van der Waals surface area (Å²) in [6, 6.07) is 5.59. The summed E-state index contributed by atoms with van der Waals surface area (Å²) in [5.41, 5.74) is 0.934. The quantitative estimate of drug-likeness (QED) is 0.711. The minimum Gasteiger partial charge on any atom is -0.497 e. The van der Waals surface area contributed by atoms with Gasteiger partial charge in [0.25, 0.3) is 0 Å². The lowest BCUT2D eigenvalue weighted by molar-refractivity contribution is -0.121. The number of aliphatic hydroxyl groups is 1. The number of benzene rings is 1. The number of carbonyl (C=O) groups is 1. The van der Waals surface area contributed by atoms with Crippen LogP contribution in [0.25, 0.3) is 0 Å². The molecule has 1 heterocycles. The zero-order valence-corrected chi connectivity index (χ0v) is 15.3. The van der Waals surface area contributed by atoms with Gasteiger partial charge in [-0.1, -0.05) is 0 Å². The summed E-state index contributed by atoms with van der Waals surface area (Å²) in [5.74, 6) is 2.06. The third kappa shape index (κ3) is 6.21. The molecule has 6 nitrogen and oxygen atoms in total. The highest BCUT2D eigenvalue weighted by Crippen LogP contribution is 2.24. The number of piperidine rings is 1. The Morgan fingerprint density at radius 2 is 2.20 bits per heavy atom. The first-order valence-corrected chi connectivity index (χ1v) is 8.97. The maximum absolute atomic E-state index is 12.2. The highest BCUT2D eigenvalue weighted by molar-refractivity contribution is 5.75. The number of amides is 1. The maximum atomic E-state index is 12.2. The molecule has 1 aromatic carbocycles. The van der Waals surface area contributed by atoms with E-state index < -0.39 is 0 Å². The van der Waals surface area contributed by atoms with Gasteiger partial charge in [-0.2, -0.15) is 0 Å². The average Bonchev–Trinajstić information content (AvgIpc) is 2.65. The highest BCUT2D eigenvalue weighted by atomic mass is 16.5. The van der Waals surface area contributed by atoms with Crippen LogP contribution in [0.1, 0.15) is 31.2 Å². The second kappa shape index (κ2) is 10.3. The van der Waals surface area contributed by atoms with E-state index in [-0.39, 0.29) is 12.5 Å². The van der Waals surface area contributed by atoms with Crippen LogP contribution < -0.4 is 14.8 Å². The van der Waals surface area contributed by atoms with Crippen LogP contribution in [-0.4, -0.2) is 56.4 Å². The summed E-state index contributed by atoms with van der Waals surface area (Å²) in [5, 5.41) is 12.0. The van der Waals surface area contributed by atoms with Crippen molar-refractivity contribution in [2.75, 3.05) is 40.5 Å². The number of hydrogen-bond acceptors (Lipinski definition) is 5. The summed E-state index contributed by atoms with van der Waals surface area (Å²) in [6.45, 7) is 3.44. The van der Waals surface area contributed by atoms with E-state index in [1.54, 1.807) is 14.2 Å². The number of hydrogen-bond donors (Lipinski definition) is 2. The summed E-state index contributed by atoms with van der Waals surface area (Å²) in [4.78, 5) is 14.4. The monoisotopic (exact) mass is 350 g/mol. The second-order valence-electron chi connectivity index (χ2n) is 6.53. The van der Waals surface area contributed by atoms with E-state index in [9.17, 15) is 4.79 Å². The number of carbonyl (C=O) groups excluding carboxylic acids is 1. The van der Waals surface area contributed by atoms with Crippen LogP contribution in [-0.2, 0) is 11.3 Å². The molecule has 1 aliphatic rings. The highest BCUT2D eigenvalue weighted by Gasteiger charge is 2.20. The lowest BCUT2D eigenvalue weighted by atomic mass is 9.93. The predicted octanol–water partition coefficient (Wildman–Crippen LogP) is 1.80. The van der Waals surface area contributed by atoms with Crippen LogP contribution in [0.5, 0.6) is 11.5 Å². The molecule has 0 aromatic heterocycles. The van der Waals surface area contributed by atoms with Crippen molar-refractivity contribution >= 4 is 5.91 Å². The molecule has 2 N–H and O–H groups in total. The zero-order valence-electron chi connectivity index (χ0n) is 15.3. The number of ether oxygens (including phenoxy) is 2. The number of rotatable bonds is 9. The Morgan fingerprint density at radius 3 is 2.92 bits per heavy atom. The first-order valence-electron chi connectivity index (χ1n) is 8.97. The Morgan fingerprint density at radius 1 is 1.36 bits per heavy atom. The van der Waals surface area contributed by atoms with Gasteiger partial charge in [-0.3, -0.25) is 4.79 Å². The van der Waals surface area contributed by atoms with Crippen molar-refractivity contribution in [2.45, 2.75) is 32.2 Å².